The van der Waals surface area contributed by atoms with Crippen molar-refractivity contribution in [2.45, 2.75) is 24.4 Å². The fraction of sp³-hybridized carbons (Fsp3) is 0.125. The molecule has 168 valence electrons. The summed E-state index contributed by atoms with van der Waals surface area (Å²) in [4.78, 5) is 12.4. The maximum Gasteiger partial charge on any atom is 0.319 e. The zero-order valence-corrected chi connectivity index (χ0v) is 20.1. The molecule has 0 bridgehead atoms. The molecule has 4 aromatic rings. The first kappa shape index (κ1) is 23.2. The lowest BCUT2D eigenvalue weighted by molar-refractivity contribution is 0.251. The van der Waals surface area contributed by atoms with E-state index < -0.39 is 0 Å². The van der Waals surface area contributed by atoms with Gasteiger partial charge in [0.15, 0.2) is 11.0 Å². The van der Waals surface area contributed by atoms with Crippen LogP contribution in [-0.2, 0) is 12.3 Å². The monoisotopic (exact) mass is 497 g/mol. The number of nitrogens with zero attached hydrogens (tertiary/aromatic N) is 3. The summed E-state index contributed by atoms with van der Waals surface area (Å²) in [6, 6.07) is 22.8. The minimum atomic E-state index is -0.384. The van der Waals surface area contributed by atoms with Gasteiger partial charge in [0.25, 0.3) is 0 Å². The van der Waals surface area contributed by atoms with E-state index in [1.54, 1.807) is 30.0 Å². The number of urea groups is 1. The third kappa shape index (κ3) is 6.07. The lowest BCUT2D eigenvalue weighted by atomic mass is 10.2. The highest BCUT2D eigenvalue weighted by Gasteiger charge is 2.16. The van der Waals surface area contributed by atoms with Crippen LogP contribution in [0.25, 0.3) is 5.69 Å². The molecule has 3 aromatic carbocycles. The third-order valence-electron chi connectivity index (χ3n) is 4.79. The smallest absolute Gasteiger partial charge is 0.319 e. The highest BCUT2D eigenvalue weighted by Crippen LogP contribution is 2.26. The second-order valence-electron chi connectivity index (χ2n) is 7.28. The van der Waals surface area contributed by atoms with Crippen molar-refractivity contribution < 1.29 is 4.79 Å². The quantitative estimate of drug-likeness (QED) is 0.286. The van der Waals surface area contributed by atoms with Gasteiger partial charge in [-0.05, 0) is 42.8 Å². The summed E-state index contributed by atoms with van der Waals surface area (Å²) >= 11 is 13.5. The molecule has 4 rings (SSSR count). The van der Waals surface area contributed by atoms with Crippen LogP contribution >= 0.6 is 35.0 Å². The van der Waals surface area contributed by atoms with Crippen LogP contribution in [0.1, 0.15) is 17.0 Å². The summed E-state index contributed by atoms with van der Waals surface area (Å²) in [5.74, 6) is 1.38. The molecular formula is C24H21Cl2N5OS. The number of aryl methyl sites for hydroxylation is 1. The van der Waals surface area contributed by atoms with Gasteiger partial charge in [0.2, 0.25) is 0 Å². The van der Waals surface area contributed by atoms with Crippen molar-refractivity contribution in [1.29, 1.82) is 0 Å². The Morgan fingerprint density at radius 3 is 2.45 bits per heavy atom. The molecular weight excluding hydrogens is 477 g/mol. The molecule has 0 aliphatic heterocycles. The molecule has 0 atom stereocenters. The Morgan fingerprint density at radius 2 is 1.73 bits per heavy atom. The van der Waals surface area contributed by atoms with Gasteiger partial charge in [0.1, 0.15) is 0 Å². The van der Waals surface area contributed by atoms with E-state index in [9.17, 15) is 4.79 Å². The minimum Gasteiger partial charge on any atom is -0.331 e. The zero-order valence-electron chi connectivity index (χ0n) is 17.8. The third-order valence-corrected chi connectivity index (χ3v) is 6.53. The second-order valence-corrected chi connectivity index (χ2v) is 9.04. The number of hydrogen-bond donors (Lipinski definition) is 2. The molecule has 1 aromatic heterocycles. The first-order valence-corrected chi connectivity index (χ1v) is 11.9. The number of thioether (sulfide) groups is 1. The van der Waals surface area contributed by atoms with Crippen LogP contribution in [0, 0.1) is 6.92 Å². The van der Waals surface area contributed by atoms with Crippen LogP contribution in [0.15, 0.2) is 78.0 Å². The van der Waals surface area contributed by atoms with Gasteiger partial charge < -0.3 is 10.6 Å². The minimum absolute atomic E-state index is 0.194. The summed E-state index contributed by atoms with van der Waals surface area (Å²) in [5, 5.41) is 15.9. The Bertz CT molecular complexity index is 1250. The molecule has 0 aliphatic carbocycles. The highest BCUT2D eigenvalue weighted by molar-refractivity contribution is 7.98. The molecule has 9 heteroatoms. The number of amides is 2. The zero-order chi connectivity index (χ0) is 23.2. The highest BCUT2D eigenvalue weighted by atomic mass is 35.5. The van der Waals surface area contributed by atoms with Crippen molar-refractivity contribution in [1.82, 2.24) is 20.1 Å². The Labute approximate surface area is 206 Å². The Morgan fingerprint density at radius 1 is 0.970 bits per heavy atom. The fourth-order valence-electron chi connectivity index (χ4n) is 3.09. The standard InChI is InChI=1S/C24H21Cl2N5OS/c1-16-7-10-19(11-8-16)31-22(29-30-24(31)33-15-17-5-3-2-4-6-17)14-27-23(32)28-18-9-12-20(25)21(26)13-18/h2-13H,14-15H2,1H3,(H2,27,28,32). The van der Waals surface area contributed by atoms with Gasteiger partial charge in [-0.1, -0.05) is 83.0 Å². The number of rotatable bonds is 7. The van der Waals surface area contributed by atoms with Gasteiger partial charge in [-0.15, -0.1) is 10.2 Å². The molecule has 0 fully saturated rings. The maximum atomic E-state index is 12.4. The molecule has 2 amide bonds. The van der Waals surface area contributed by atoms with Gasteiger partial charge >= 0.3 is 6.03 Å². The molecule has 0 unspecified atom stereocenters. The number of benzene rings is 3. The number of carbonyl (C=O) groups excluding carboxylic acids is 1. The molecule has 1 heterocycles. The summed E-state index contributed by atoms with van der Waals surface area (Å²) in [7, 11) is 0. The predicted octanol–water partition coefficient (Wildman–Crippen LogP) is 6.50. The molecule has 0 saturated carbocycles. The number of hydrogen-bond acceptors (Lipinski definition) is 4. The molecule has 0 saturated heterocycles. The normalized spacial score (nSPS) is 10.8. The molecule has 0 aliphatic rings. The van der Waals surface area contributed by atoms with Crippen molar-refractivity contribution in [2.75, 3.05) is 5.32 Å². The topological polar surface area (TPSA) is 71.8 Å². The van der Waals surface area contributed by atoms with Gasteiger partial charge in [-0.25, -0.2) is 4.79 Å². The Balaban J connectivity index is 1.50. The van der Waals surface area contributed by atoms with E-state index in [-0.39, 0.29) is 12.6 Å². The molecule has 0 spiro atoms. The van der Waals surface area contributed by atoms with E-state index in [2.05, 4.69) is 33.0 Å². The molecule has 2 N–H and O–H groups in total. The number of aromatic nitrogens is 3. The van der Waals surface area contributed by atoms with E-state index in [1.165, 1.54) is 5.56 Å². The van der Waals surface area contributed by atoms with Crippen molar-refractivity contribution >= 4 is 46.7 Å². The summed E-state index contributed by atoms with van der Waals surface area (Å²) in [6.07, 6.45) is 0. The first-order valence-electron chi connectivity index (χ1n) is 10.2. The van der Waals surface area contributed by atoms with E-state index in [0.717, 1.165) is 22.2 Å². The predicted molar refractivity (Wildman–Crippen MR) is 134 cm³/mol. The maximum absolute atomic E-state index is 12.4. The Kier molecular flexibility index (Phi) is 7.54. The lowest BCUT2D eigenvalue weighted by Gasteiger charge is -2.12. The van der Waals surface area contributed by atoms with Crippen LogP contribution in [0.5, 0.6) is 0 Å². The molecule has 33 heavy (non-hydrogen) atoms. The Hall–Kier alpha value is -3.00. The number of carbonyl (C=O) groups is 1. The largest absolute Gasteiger partial charge is 0.331 e. The average molecular weight is 498 g/mol. The van der Waals surface area contributed by atoms with Crippen LogP contribution in [0.4, 0.5) is 10.5 Å². The van der Waals surface area contributed by atoms with Crippen LogP contribution in [-0.4, -0.2) is 20.8 Å². The van der Waals surface area contributed by atoms with Crippen molar-refractivity contribution in [3.63, 3.8) is 0 Å². The SMILES string of the molecule is Cc1ccc(-n2c(CNC(=O)Nc3ccc(Cl)c(Cl)c3)nnc2SCc2ccccc2)cc1. The van der Waals surface area contributed by atoms with E-state index in [1.807, 2.05) is 54.0 Å². The van der Waals surface area contributed by atoms with Gasteiger partial charge in [0.05, 0.1) is 16.6 Å². The molecule has 6 nitrogen and oxygen atoms in total. The average Bonchev–Trinajstić information content (AvgIpc) is 3.23. The summed E-state index contributed by atoms with van der Waals surface area (Å²) in [5.41, 5.74) is 3.83. The van der Waals surface area contributed by atoms with Gasteiger partial charge in [-0.2, -0.15) is 0 Å². The molecule has 0 radical (unpaired) electrons. The van der Waals surface area contributed by atoms with Crippen molar-refractivity contribution in [2.24, 2.45) is 0 Å². The van der Waals surface area contributed by atoms with E-state index >= 15 is 0 Å². The van der Waals surface area contributed by atoms with Crippen LogP contribution in [0.2, 0.25) is 10.0 Å². The summed E-state index contributed by atoms with van der Waals surface area (Å²) in [6.45, 7) is 2.23. The van der Waals surface area contributed by atoms with Crippen molar-refractivity contribution in [3.8, 4) is 5.69 Å². The fourth-order valence-corrected chi connectivity index (χ4v) is 4.32. The second kappa shape index (κ2) is 10.7. The summed E-state index contributed by atoms with van der Waals surface area (Å²) < 4.78 is 1.96. The first-order chi connectivity index (χ1) is 16.0. The van der Waals surface area contributed by atoms with Crippen LogP contribution in [0.3, 0.4) is 0 Å². The lowest BCUT2D eigenvalue weighted by Crippen LogP contribution is -2.29. The number of nitrogens with one attached hydrogen (secondary N) is 2. The van der Waals surface area contributed by atoms with Crippen LogP contribution < -0.4 is 10.6 Å². The van der Waals surface area contributed by atoms with E-state index in [0.29, 0.717) is 21.6 Å². The van der Waals surface area contributed by atoms with Gasteiger partial charge in [-0.3, -0.25) is 4.57 Å². The van der Waals surface area contributed by atoms with E-state index in [4.69, 9.17) is 23.2 Å². The van der Waals surface area contributed by atoms with Gasteiger partial charge in [0, 0.05) is 17.1 Å². The number of anilines is 1. The van der Waals surface area contributed by atoms with Crippen molar-refractivity contribution in [3.05, 3.63) is 99.8 Å². The number of halogens is 2.